The molecule has 0 spiro atoms. The lowest BCUT2D eigenvalue weighted by molar-refractivity contribution is -0.148. The first kappa shape index (κ1) is 15.9. The van der Waals surface area contributed by atoms with Crippen LogP contribution in [0.5, 0.6) is 5.75 Å². The predicted octanol–water partition coefficient (Wildman–Crippen LogP) is 1.73. The van der Waals surface area contributed by atoms with Crippen molar-refractivity contribution in [1.29, 1.82) is 0 Å². The fourth-order valence-electron chi connectivity index (χ4n) is 1.95. The number of hydrogen-bond acceptors (Lipinski definition) is 4. The zero-order chi connectivity index (χ0) is 15.5. The van der Waals surface area contributed by atoms with Gasteiger partial charge in [0, 0.05) is 23.1 Å². The largest absolute Gasteiger partial charge is 0.484 e. The molecule has 114 valence electrons. The fraction of sp³-hybridized carbons (Fsp3) is 0.385. The van der Waals surface area contributed by atoms with Crippen LogP contribution in [0.15, 0.2) is 18.2 Å². The van der Waals surface area contributed by atoms with Gasteiger partial charge in [0.2, 0.25) is 0 Å². The zero-order valence-electron chi connectivity index (χ0n) is 10.9. The van der Waals surface area contributed by atoms with Crippen molar-refractivity contribution >= 4 is 35.1 Å². The molecule has 0 aliphatic carbocycles. The number of nitrogens with one attached hydrogen (secondary N) is 1. The highest BCUT2D eigenvalue weighted by molar-refractivity contribution is 6.34. The molecule has 0 bridgehead atoms. The number of carboxylic acid groups (broad SMARTS) is 1. The van der Waals surface area contributed by atoms with Gasteiger partial charge in [0.1, 0.15) is 5.75 Å². The molecule has 1 heterocycles. The summed E-state index contributed by atoms with van der Waals surface area (Å²) in [6, 6.07) is 4.55. The Bertz CT molecular complexity index is 537. The van der Waals surface area contributed by atoms with Crippen molar-refractivity contribution in [3.8, 4) is 5.75 Å². The van der Waals surface area contributed by atoms with Gasteiger partial charge in [-0.1, -0.05) is 23.2 Å². The number of halogens is 2. The van der Waals surface area contributed by atoms with Crippen molar-refractivity contribution in [2.45, 2.75) is 12.0 Å². The van der Waals surface area contributed by atoms with Gasteiger partial charge in [0.25, 0.3) is 5.91 Å². The minimum atomic E-state index is -1.38. The first-order valence-electron chi connectivity index (χ1n) is 6.12. The highest BCUT2D eigenvalue weighted by Crippen LogP contribution is 2.24. The maximum Gasteiger partial charge on any atom is 0.331 e. The molecule has 1 unspecified atom stereocenters. The average Bonchev–Trinajstić information content (AvgIpc) is 2.85. The van der Waals surface area contributed by atoms with Gasteiger partial charge in [0.15, 0.2) is 12.1 Å². The number of benzene rings is 1. The molecule has 6 nitrogen and oxygen atoms in total. The van der Waals surface area contributed by atoms with Crippen LogP contribution in [0.2, 0.25) is 10.0 Å². The van der Waals surface area contributed by atoms with Crippen LogP contribution >= 0.6 is 23.2 Å². The lowest BCUT2D eigenvalue weighted by atomic mass is 9.99. The molecule has 1 fully saturated rings. The summed E-state index contributed by atoms with van der Waals surface area (Å²) in [4.78, 5) is 23.1. The highest BCUT2D eigenvalue weighted by Gasteiger charge is 2.43. The van der Waals surface area contributed by atoms with E-state index in [2.05, 4.69) is 5.32 Å². The maximum atomic E-state index is 11.8. The summed E-state index contributed by atoms with van der Waals surface area (Å²) in [6.07, 6.45) is 0.219. The minimum Gasteiger partial charge on any atom is -0.484 e. The number of aliphatic carboxylic acids is 1. The molecule has 21 heavy (non-hydrogen) atoms. The molecule has 1 amide bonds. The summed E-state index contributed by atoms with van der Waals surface area (Å²) in [5.74, 6) is -1.35. The van der Waals surface area contributed by atoms with Gasteiger partial charge in [-0.2, -0.15) is 0 Å². The first-order valence-corrected chi connectivity index (χ1v) is 6.88. The predicted molar refractivity (Wildman–Crippen MR) is 75.9 cm³/mol. The van der Waals surface area contributed by atoms with Crippen molar-refractivity contribution in [3.63, 3.8) is 0 Å². The third-order valence-electron chi connectivity index (χ3n) is 3.02. The highest BCUT2D eigenvalue weighted by atomic mass is 35.5. The van der Waals surface area contributed by atoms with Crippen LogP contribution in [0.25, 0.3) is 0 Å². The quantitative estimate of drug-likeness (QED) is 0.857. The van der Waals surface area contributed by atoms with Gasteiger partial charge in [-0.3, -0.25) is 4.79 Å². The van der Waals surface area contributed by atoms with Gasteiger partial charge in [-0.15, -0.1) is 0 Å². The molecule has 1 aromatic rings. The number of amides is 1. The van der Waals surface area contributed by atoms with E-state index in [1.54, 1.807) is 0 Å². The smallest absolute Gasteiger partial charge is 0.331 e. The summed E-state index contributed by atoms with van der Waals surface area (Å²) in [6.45, 7) is -0.111. The van der Waals surface area contributed by atoms with Crippen LogP contribution in [0.3, 0.4) is 0 Å². The fourth-order valence-corrected chi connectivity index (χ4v) is 2.46. The first-order chi connectivity index (χ1) is 9.91. The van der Waals surface area contributed by atoms with Crippen molar-refractivity contribution in [2.24, 2.45) is 0 Å². The molecular formula is C13H13Cl2NO5. The van der Waals surface area contributed by atoms with E-state index in [1.165, 1.54) is 18.2 Å². The number of rotatable bonds is 5. The van der Waals surface area contributed by atoms with Gasteiger partial charge in [-0.25, -0.2) is 4.79 Å². The molecule has 0 radical (unpaired) electrons. The van der Waals surface area contributed by atoms with E-state index >= 15 is 0 Å². The third-order valence-corrected chi connectivity index (χ3v) is 3.45. The van der Waals surface area contributed by atoms with Gasteiger partial charge in [-0.05, 0) is 18.2 Å². The summed E-state index contributed by atoms with van der Waals surface area (Å²) in [5, 5.41) is 12.4. The van der Waals surface area contributed by atoms with E-state index in [0.717, 1.165) is 0 Å². The number of carbonyl (C=O) groups excluding carboxylic acids is 1. The summed E-state index contributed by atoms with van der Waals surface area (Å²) in [5.41, 5.74) is -1.38. The van der Waals surface area contributed by atoms with Gasteiger partial charge in [0.05, 0.1) is 6.61 Å². The topological polar surface area (TPSA) is 84.9 Å². The SMILES string of the molecule is O=C(COc1cc(Cl)cc(Cl)c1)NC1(C(=O)O)CCOC1. The monoisotopic (exact) mass is 333 g/mol. The third kappa shape index (κ3) is 4.00. The van der Waals surface area contributed by atoms with E-state index in [-0.39, 0.29) is 26.2 Å². The molecule has 8 heteroatoms. The van der Waals surface area contributed by atoms with E-state index in [4.69, 9.17) is 32.7 Å². The molecule has 1 aromatic carbocycles. The van der Waals surface area contributed by atoms with Crippen molar-refractivity contribution in [3.05, 3.63) is 28.2 Å². The van der Waals surface area contributed by atoms with E-state index < -0.39 is 17.4 Å². The van der Waals surface area contributed by atoms with Crippen LogP contribution in [0, 0.1) is 0 Å². The molecule has 0 saturated carbocycles. The van der Waals surface area contributed by atoms with Crippen LogP contribution in [-0.2, 0) is 14.3 Å². The van der Waals surface area contributed by atoms with Crippen LogP contribution in [0.1, 0.15) is 6.42 Å². The molecule has 2 rings (SSSR count). The molecular weight excluding hydrogens is 321 g/mol. The lowest BCUT2D eigenvalue weighted by Crippen LogP contribution is -2.56. The Morgan fingerprint density at radius 3 is 2.52 bits per heavy atom. The summed E-state index contributed by atoms with van der Waals surface area (Å²) < 4.78 is 10.3. The zero-order valence-corrected chi connectivity index (χ0v) is 12.4. The Kier molecular flexibility index (Phi) is 4.92. The molecule has 1 saturated heterocycles. The van der Waals surface area contributed by atoms with Crippen LogP contribution in [0.4, 0.5) is 0 Å². The molecule has 2 N–H and O–H groups in total. The number of carbonyl (C=O) groups is 2. The second kappa shape index (κ2) is 6.51. The average molecular weight is 334 g/mol. The van der Waals surface area contributed by atoms with E-state index in [0.29, 0.717) is 15.8 Å². The number of ether oxygens (including phenoxy) is 2. The van der Waals surface area contributed by atoms with Gasteiger partial charge >= 0.3 is 5.97 Å². The van der Waals surface area contributed by atoms with Crippen LogP contribution < -0.4 is 10.1 Å². The summed E-state index contributed by atoms with van der Waals surface area (Å²) >= 11 is 11.6. The number of carboxylic acids is 1. The number of hydrogen-bond donors (Lipinski definition) is 2. The second-order valence-electron chi connectivity index (χ2n) is 4.63. The second-order valence-corrected chi connectivity index (χ2v) is 5.50. The molecule has 1 aliphatic rings. The van der Waals surface area contributed by atoms with Crippen molar-refractivity contribution < 1.29 is 24.2 Å². The Morgan fingerprint density at radius 2 is 2.00 bits per heavy atom. The Morgan fingerprint density at radius 1 is 1.33 bits per heavy atom. The summed E-state index contributed by atoms with van der Waals surface area (Å²) in [7, 11) is 0. The normalized spacial score (nSPS) is 21.0. The Hall–Kier alpha value is -1.50. The standard InChI is InChI=1S/C13H13Cl2NO5/c14-8-3-9(15)5-10(4-8)21-6-11(17)16-13(12(18)19)1-2-20-7-13/h3-5H,1-2,6-7H2,(H,16,17)(H,18,19). The van der Waals surface area contributed by atoms with Crippen molar-refractivity contribution in [2.75, 3.05) is 19.8 Å². The maximum absolute atomic E-state index is 11.8. The molecule has 1 atom stereocenters. The van der Waals surface area contributed by atoms with Crippen LogP contribution in [-0.4, -0.2) is 42.3 Å². The lowest BCUT2D eigenvalue weighted by Gasteiger charge is -2.23. The molecule has 1 aliphatic heterocycles. The Labute approximate surface area is 130 Å². The van der Waals surface area contributed by atoms with E-state index in [1.807, 2.05) is 0 Å². The van der Waals surface area contributed by atoms with Gasteiger partial charge < -0.3 is 19.9 Å². The van der Waals surface area contributed by atoms with E-state index in [9.17, 15) is 14.7 Å². The minimum absolute atomic E-state index is 0.0585. The molecule has 0 aromatic heterocycles. The van der Waals surface area contributed by atoms with Crippen molar-refractivity contribution in [1.82, 2.24) is 5.32 Å². The Balaban J connectivity index is 1.94.